The summed E-state index contributed by atoms with van der Waals surface area (Å²) in [6.07, 6.45) is 6.46. The lowest BCUT2D eigenvalue weighted by molar-refractivity contribution is -0.0228. The van der Waals surface area contributed by atoms with Gasteiger partial charge in [0, 0.05) is 24.0 Å². The van der Waals surface area contributed by atoms with Gasteiger partial charge < -0.3 is 9.64 Å². The van der Waals surface area contributed by atoms with Crippen molar-refractivity contribution in [1.29, 1.82) is 0 Å². The van der Waals surface area contributed by atoms with E-state index < -0.39 is 0 Å². The van der Waals surface area contributed by atoms with Gasteiger partial charge in [-0.25, -0.2) is 0 Å². The summed E-state index contributed by atoms with van der Waals surface area (Å²) in [5, 5.41) is 0. The minimum atomic E-state index is -0.0722. The average molecular weight is 336 g/mol. The van der Waals surface area contributed by atoms with Gasteiger partial charge in [0.1, 0.15) is 6.10 Å². The molecule has 0 N–H and O–H groups in total. The van der Waals surface area contributed by atoms with E-state index in [0.717, 1.165) is 29.7 Å². The van der Waals surface area contributed by atoms with Crippen LogP contribution >= 0.6 is 0 Å². The summed E-state index contributed by atoms with van der Waals surface area (Å²) >= 11 is 0. The third-order valence-electron chi connectivity index (χ3n) is 5.24. The van der Waals surface area contributed by atoms with Crippen molar-refractivity contribution in [2.75, 3.05) is 19.7 Å². The van der Waals surface area contributed by atoms with Gasteiger partial charge in [-0.3, -0.25) is 9.78 Å². The molecule has 4 rings (SSSR count). The van der Waals surface area contributed by atoms with E-state index >= 15 is 0 Å². The zero-order chi connectivity index (χ0) is 17.2. The summed E-state index contributed by atoms with van der Waals surface area (Å²) in [5.74, 6) is 0.118. The van der Waals surface area contributed by atoms with Crippen LogP contribution in [0.4, 0.5) is 0 Å². The highest BCUT2D eigenvalue weighted by Crippen LogP contribution is 2.26. The van der Waals surface area contributed by atoms with E-state index in [4.69, 9.17) is 4.74 Å². The molecule has 25 heavy (non-hydrogen) atoms. The van der Waals surface area contributed by atoms with Crippen molar-refractivity contribution in [2.24, 2.45) is 0 Å². The Bertz CT molecular complexity index is 787. The number of aromatic nitrogens is 1. The van der Waals surface area contributed by atoms with Crippen LogP contribution in [0.1, 0.15) is 51.7 Å². The third kappa shape index (κ3) is 3.45. The summed E-state index contributed by atoms with van der Waals surface area (Å²) in [6, 6.07) is 10.3. The van der Waals surface area contributed by atoms with E-state index in [1.807, 2.05) is 30.0 Å². The second-order valence-corrected chi connectivity index (χ2v) is 7.03. The number of pyridine rings is 1. The van der Waals surface area contributed by atoms with E-state index in [0.29, 0.717) is 19.7 Å². The Morgan fingerprint density at radius 1 is 1.16 bits per heavy atom. The van der Waals surface area contributed by atoms with Crippen molar-refractivity contribution in [3.8, 4) is 0 Å². The SMILES string of the molecule is Cc1cc(C2CN(C(=O)c3ccc4c(c3)CCCC4)CCO2)ccn1. The molecule has 4 nitrogen and oxygen atoms in total. The molecule has 1 aliphatic heterocycles. The van der Waals surface area contributed by atoms with Gasteiger partial charge in [-0.05, 0) is 73.6 Å². The van der Waals surface area contributed by atoms with Crippen molar-refractivity contribution in [1.82, 2.24) is 9.88 Å². The molecule has 1 aromatic heterocycles. The van der Waals surface area contributed by atoms with E-state index in [1.165, 1.54) is 24.0 Å². The number of benzene rings is 1. The van der Waals surface area contributed by atoms with Crippen LogP contribution in [-0.2, 0) is 17.6 Å². The summed E-state index contributed by atoms with van der Waals surface area (Å²) < 4.78 is 5.90. The van der Waals surface area contributed by atoms with Crippen LogP contribution in [0.2, 0.25) is 0 Å². The first-order chi connectivity index (χ1) is 12.2. The number of carbonyl (C=O) groups is 1. The van der Waals surface area contributed by atoms with Crippen LogP contribution in [0.5, 0.6) is 0 Å². The molecule has 1 atom stereocenters. The summed E-state index contributed by atoms with van der Waals surface area (Å²) in [7, 11) is 0. The van der Waals surface area contributed by atoms with Gasteiger partial charge in [-0.1, -0.05) is 6.07 Å². The van der Waals surface area contributed by atoms with Gasteiger partial charge in [0.05, 0.1) is 13.2 Å². The Hall–Kier alpha value is -2.20. The highest BCUT2D eigenvalue weighted by atomic mass is 16.5. The number of hydrogen-bond donors (Lipinski definition) is 0. The summed E-state index contributed by atoms with van der Waals surface area (Å²) in [4.78, 5) is 19.2. The fourth-order valence-electron chi connectivity index (χ4n) is 3.85. The lowest BCUT2D eigenvalue weighted by atomic mass is 9.90. The Balaban J connectivity index is 1.52. The minimum Gasteiger partial charge on any atom is -0.370 e. The zero-order valence-electron chi connectivity index (χ0n) is 14.7. The van der Waals surface area contributed by atoms with E-state index in [9.17, 15) is 4.79 Å². The molecule has 1 saturated heterocycles. The van der Waals surface area contributed by atoms with Crippen molar-refractivity contribution >= 4 is 5.91 Å². The lowest BCUT2D eigenvalue weighted by Crippen LogP contribution is -2.42. The number of amides is 1. The molecule has 1 amide bonds. The van der Waals surface area contributed by atoms with Gasteiger partial charge in [-0.15, -0.1) is 0 Å². The molecule has 130 valence electrons. The normalized spacial score (nSPS) is 20.2. The number of carbonyl (C=O) groups excluding carboxylic acids is 1. The predicted octanol–water partition coefficient (Wildman–Crippen LogP) is 3.48. The number of aryl methyl sites for hydroxylation is 3. The molecule has 1 fully saturated rings. The second kappa shape index (κ2) is 6.96. The molecule has 1 unspecified atom stereocenters. The van der Waals surface area contributed by atoms with Crippen molar-refractivity contribution in [2.45, 2.75) is 38.7 Å². The lowest BCUT2D eigenvalue weighted by Gasteiger charge is -2.33. The fourth-order valence-corrected chi connectivity index (χ4v) is 3.85. The summed E-state index contributed by atoms with van der Waals surface area (Å²) in [5.41, 5.74) is 5.64. The zero-order valence-corrected chi connectivity index (χ0v) is 14.7. The average Bonchev–Trinajstić information content (AvgIpc) is 2.67. The van der Waals surface area contributed by atoms with Crippen LogP contribution in [0.3, 0.4) is 0 Å². The Morgan fingerprint density at radius 3 is 2.84 bits per heavy atom. The molecule has 0 saturated carbocycles. The molecule has 0 radical (unpaired) electrons. The summed E-state index contributed by atoms with van der Waals surface area (Å²) in [6.45, 7) is 3.79. The Kier molecular flexibility index (Phi) is 4.53. The first-order valence-corrected chi connectivity index (χ1v) is 9.16. The Labute approximate surface area is 148 Å². The highest BCUT2D eigenvalue weighted by molar-refractivity contribution is 5.94. The molecule has 0 spiro atoms. The van der Waals surface area contributed by atoms with Crippen LogP contribution < -0.4 is 0 Å². The standard InChI is InChI=1S/C21H24N2O2/c1-15-12-18(8-9-22-15)20-14-23(10-11-25-20)21(24)19-7-6-16-4-2-3-5-17(16)13-19/h6-9,12-13,20H,2-5,10-11,14H2,1H3. The number of nitrogens with zero attached hydrogens (tertiary/aromatic N) is 2. The first-order valence-electron chi connectivity index (χ1n) is 9.16. The smallest absolute Gasteiger partial charge is 0.254 e. The first kappa shape index (κ1) is 16.3. The van der Waals surface area contributed by atoms with E-state index in [2.05, 4.69) is 17.1 Å². The van der Waals surface area contributed by atoms with Gasteiger partial charge in [-0.2, -0.15) is 0 Å². The van der Waals surface area contributed by atoms with E-state index in [-0.39, 0.29) is 12.0 Å². The highest BCUT2D eigenvalue weighted by Gasteiger charge is 2.26. The molecule has 1 aliphatic carbocycles. The fraction of sp³-hybridized carbons (Fsp3) is 0.429. The molecule has 4 heteroatoms. The van der Waals surface area contributed by atoms with Crippen molar-refractivity contribution < 1.29 is 9.53 Å². The number of ether oxygens (including phenoxy) is 1. The topological polar surface area (TPSA) is 42.4 Å². The maximum absolute atomic E-state index is 13.0. The quantitative estimate of drug-likeness (QED) is 0.843. The molecule has 2 aliphatic rings. The Morgan fingerprint density at radius 2 is 2.00 bits per heavy atom. The van der Waals surface area contributed by atoms with E-state index in [1.54, 1.807) is 6.20 Å². The third-order valence-corrected chi connectivity index (χ3v) is 5.24. The van der Waals surface area contributed by atoms with Gasteiger partial charge in [0.15, 0.2) is 0 Å². The molecule has 0 bridgehead atoms. The largest absolute Gasteiger partial charge is 0.370 e. The number of morpholine rings is 1. The van der Waals surface area contributed by atoms with Crippen molar-refractivity contribution in [3.05, 3.63) is 64.5 Å². The van der Waals surface area contributed by atoms with Crippen LogP contribution in [0, 0.1) is 6.92 Å². The molecule has 1 aromatic carbocycles. The van der Waals surface area contributed by atoms with Crippen LogP contribution in [-0.4, -0.2) is 35.5 Å². The maximum atomic E-state index is 13.0. The second-order valence-electron chi connectivity index (χ2n) is 7.03. The van der Waals surface area contributed by atoms with Crippen LogP contribution in [0.25, 0.3) is 0 Å². The van der Waals surface area contributed by atoms with Crippen LogP contribution in [0.15, 0.2) is 36.5 Å². The molecular weight excluding hydrogens is 312 g/mol. The van der Waals surface area contributed by atoms with Crippen molar-refractivity contribution in [3.63, 3.8) is 0 Å². The van der Waals surface area contributed by atoms with Gasteiger partial charge >= 0.3 is 0 Å². The molecular formula is C21H24N2O2. The number of hydrogen-bond acceptors (Lipinski definition) is 3. The predicted molar refractivity (Wildman–Crippen MR) is 96.7 cm³/mol. The number of rotatable bonds is 2. The van der Waals surface area contributed by atoms with Gasteiger partial charge in [0.2, 0.25) is 0 Å². The maximum Gasteiger partial charge on any atom is 0.254 e. The molecule has 2 heterocycles. The molecule has 2 aromatic rings. The minimum absolute atomic E-state index is 0.0722. The number of fused-ring (bicyclic) bond motifs is 1. The van der Waals surface area contributed by atoms with Gasteiger partial charge in [0.25, 0.3) is 5.91 Å². The monoisotopic (exact) mass is 336 g/mol.